The van der Waals surface area contributed by atoms with Crippen LogP contribution >= 0.6 is 0 Å². The second-order valence-electron chi connectivity index (χ2n) is 7.87. The van der Waals surface area contributed by atoms with Gasteiger partial charge in [-0.1, -0.05) is 17.3 Å². The number of nitrogens with zero attached hydrogens (tertiary/aromatic N) is 4. The Morgan fingerprint density at radius 1 is 1.15 bits per heavy atom. The molecule has 4 rings (SSSR count). The molecule has 3 heterocycles. The van der Waals surface area contributed by atoms with Crippen LogP contribution in [0.4, 0.5) is 0 Å². The van der Waals surface area contributed by atoms with E-state index in [1.54, 1.807) is 55.1 Å². The number of benzene rings is 1. The summed E-state index contributed by atoms with van der Waals surface area (Å²) in [6.45, 7) is 4.28. The molecule has 0 saturated carbocycles. The van der Waals surface area contributed by atoms with E-state index in [0.29, 0.717) is 35.7 Å². The first-order valence-corrected chi connectivity index (χ1v) is 12.2. The lowest BCUT2D eigenvalue weighted by molar-refractivity contribution is 0.0728. The minimum absolute atomic E-state index is 0.0649. The molecule has 0 atom stereocenters. The zero-order chi connectivity index (χ0) is 24.3. The number of aryl methyl sites for hydroxylation is 2. The van der Waals surface area contributed by atoms with Gasteiger partial charge in [0.2, 0.25) is 10.0 Å². The fraction of sp³-hybridized carbons (Fsp3) is 0.348. The standard InChI is InChI=1S/C23H24N4O6S/c1-16-22(17(2)33-25-16)34(29,30)27-11-5-10-26(12-13-27)23(28)21-9-8-19(32-21)15-31-20-7-4-3-6-18(20)14-24/h3-4,6-9H,5,10-13,15H2,1-2H3. The van der Waals surface area contributed by atoms with Crippen molar-refractivity contribution < 1.29 is 26.9 Å². The van der Waals surface area contributed by atoms with Crippen LogP contribution < -0.4 is 4.74 Å². The number of hydrogen-bond donors (Lipinski definition) is 0. The van der Waals surface area contributed by atoms with Crippen LogP contribution in [0.15, 0.2) is 50.2 Å². The van der Waals surface area contributed by atoms with Gasteiger partial charge >= 0.3 is 0 Å². The zero-order valence-corrected chi connectivity index (χ0v) is 19.7. The van der Waals surface area contributed by atoms with Crippen molar-refractivity contribution in [1.29, 1.82) is 5.26 Å². The summed E-state index contributed by atoms with van der Waals surface area (Å²) in [4.78, 5) is 14.7. The van der Waals surface area contributed by atoms with E-state index in [4.69, 9.17) is 18.9 Å². The maximum Gasteiger partial charge on any atom is 0.289 e. The number of para-hydroxylation sites is 1. The molecule has 178 valence electrons. The van der Waals surface area contributed by atoms with Crippen molar-refractivity contribution in [1.82, 2.24) is 14.4 Å². The Bertz CT molecular complexity index is 1320. The third-order valence-corrected chi connectivity index (χ3v) is 7.70. The summed E-state index contributed by atoms with van der Waals surface area (Å²) in [5.74, 6) is 0.946. The topological polar surface area (TPSA) is 130 Å². The largest absolute Gasteiger partial charge is 0.484 e. The number of aromatic nitrogens is 1. The predicted molar refractivity (Wildman–Crippen MR) is 119 cm³/mol. The van der Waals surface area contributed by atoms with Crippen LogP contribution in [0.5, 0.6) is 5.75 Å². The average Bonchev–Trinajstić information content (AvgIpc) is 3.34. The minimum Gasteiger partial charge on any atom is -0.484 e. The molecule has 0 aliphatic carbocycles. The lowest BCUT2D eigenvalue weighted by atomic mass is 10.2. The van der Waals surface area contributed by atoms with Gasteiger partial charge in [0, 0.05) is 26.2 Å². The third-order valence-electron chi connectivity index (χ3n) is 5.56. The number of hydrogen-bond acceptors (Lipinski definition) is 8. The summed E-state index contributed by atoms with van der Waals surface area (Å²) in [7, 11) is -3.78. The summed E-state index contributed by atoms with van der Waals surface area (Å²) in [6, 6.07) is 12.1. The molecule has 10 nitrogen and oxygen atoms in total. The Kier molecular flexibility index (Phi) is 6.72. The quantitative estimate of drug-likeness (QED) is 0.522. The molecule has 0 unspecified atom stereocenters. The van der Waals surface area contributed by atoms with Gasteiger partial charge < -0.3 is 18.6 Å². The van der Waals surface area contributed by atoms with Crippen LogP contribution in [0.25, 0.3) is 0 Å². The molecule has 1 aliphatic heterocycles. The molecule has 1 amide bonds. The van der Waals surface area contributed by atoms with Gasteiger partial charge in [-0.3, -0.25) is 4.79 Å². The van der Waals surface area contributed by atoms with Gasteiger partial charge in [-0.25, -0.2) is 8.42 Å². The first-order chi connectivity index (χ1) is 16.3. The van der Waals surface area contributed by atoms with Crippen molar-refractivity contribution in [3.63, 3.8) is 0 Å². The summed E-state index contributed by atoms with van der Waals surface area (Å²) in [5, 5.41) is 12.9. The predicted octanol–water partition coefficient (Wildman–Crippen LogP) is 2.87. The number of carbonyl (C=O) groups is 1. The van der Waals surface area contributed by atoms with Crippen molar-refractivity contribution in [2.24, 2.45) is 0 Å². The molecule has 34 heavy (non-hydrogen) atoms. The van der Waals surface area contributed by atoms with Gasteiger partial charge in [-0.2, -0.15) is 9.57 Å². The Balaban J connectivity index is 1.40. The van der Waals surface area contributed by atoms with Crippen LogP contribution in [0.3, 0.4) is 0 Å². The molecule has 0 N–H and O–H groups in total. The molecule has 3 aromatic rings. The first-order valence-electron chi connectivity index (χ1n) is 10.7. The van der Waals surface area contributed by atoms with Gasteiger partial charge in [0.25, 0.3) is 5.91 Å². The summed E-state index contributed by atoms with van der Waals surface area (Å²) in [6.07, 6.45) is 0.482. The first kappa shape index (κ1) is 23.5. The Labute approximate surface area is 197 Å². The Morgan fingerprint density at radius 2 is 1.94 bits per heavy atom. The lowest BCUT2D eigenvalue weighted by Gasteiger charge is -2.21. The van der Waals surface area contributed by atoms with Crippen LogP contribution in [0.1, 0.15) is 39.8 Å². The van der Waals surface area contributed by atoms with E-state index >= 15 is 0 Å². The number of amides is 1. The minimum atomic E-state index is -3.78. The Hall–Kier alpha value is -3.62. The molecule has 1 aliphatic rings. The van der Waals surface area contributed by atoms with Gasteiger partial charge in [-0.15, -0.1) is 0 Å². The SMILES string of the molecule is Cc1noc(C)c1S(=O)(=O)N1CCCN(C(=O)c2ccc(COc3ccccc3C#N)o2)CC1. The molecule has 11 heteroatoms. The van der Waals surface area contributed by atoms with Crippen molar-refractivity contribution in [3.05, 3.63) is 64.9 Å². The number of sulfonamides is 1. The molecular weight excluding hydrogens is 460 g/mol. The van der Waals surface area contributed by atoms with Crippen LogP contribution in [0.2, 0.25) is 0 Å². The highest BCUT2D eigenvalue weighted by molar-refractivity contribution is 7.89. The summed E-state index contributed by atoms with van der Waals surface area (Å²) < 4.78 is 43.9. The third kappa shape index (κ3) is 4.69. The summed E-state index contributed by atoms with van der Waals surface area (Å²) in [5.41, 5.74) is 0.725. The zero-order valence-electron chi connectivity index (χ0n) is 18.9. The van der Waals surface area contributed by atoms with E-state index in [1.165, 1.54) is 4.31 Å². The second kappa shape index (κ2) is 9.70. The maximum atomic E-state index is 13.1. The maximum absolute atomic E-state index is 13.1. The molecule has 0 bridgehead atoms. The van der Waals surface area contributed by atoms with E-state index < -0.39 is 10.0 Å². The van der Waals surface area contributed by atoms with E-state index in [-0.39, 0.29) is 48.6 Å². The number of carbonyl (C=O) groups excluding carboxylic acids is 1. The number of nitriles is 1. The van der Waals surface area contributed by atoms with Crippen LogP contribution in [-0.2, 0) is 16.6 Å². The van der Waals surface area contributed by atoms with Crippen LogP contribution in [-0.4, -0.2) is 54.9 Å². The molecule has 1 saturated heterocycles. The molecule has 0 spiro atoms. The van der Waals surface area contributed by atoms with E-state index in [9.17, 15) is 13.2 Å². The number of furan rings is 1. The summed E-state index contributed by atoms with van der Waals surface area (Å²) >= 11 is 0. The molecule has 1 fully saturated rings. The molecule has 1 aromatic carbocycles. The highest BCUT2D eigenvalue weighted by Crippen LogP contribution is 2.25. The van der Waals surface area contributed by atoms with E-state index in [0.717, 1.165) is 0 Å². The number of rotatable bonds is 6. The van der Waals surface area contributed by atoms with Gasteiger partial charge in [0.15, 0.2) is 11.5 Å². The van der Waals surface area contributed by atoms with Crippen molar-refractivity contribution >= 4 is 15.9 Å². The van der Waals surface area contributed by atoms with Crippen molar-refractivity contribution in [3.8, 4) is 11.8 Å². The highest BCUT2D eigenvalue weighted by Gasteiger charge is 2.33. The van der Waals surface area contributed by atoms with Gasteiger partial charge in [0.05, 0.1) is 5.56 Å². The van der Waals surface area contributed by atoms with Crippen LogP contribution in [0, 0.1) is 25.2 Å². The fourth-order valence-electron chi connectivity index (χ4n) is 3.87. The van der Waals surface area contributed by atoms with E-state index in [1.807, 2.05) is 0 Å². The van der Waals surface area contributed by atoms with Gasteiger partial charge in [0.1, 0.15) is 34.8 Å². The number of ether oxygens (including phenoxy) is 1. The average molecular weight is 485 g/mol. The highest BCUT2D eigenvalue weighted by atomic mass is 32.2. The molecule has 0 radical (unpaired) electrons. The van der Waals surface area contributed by atoms with Crippen molar-refractivity contribution in [2.75, 3.05) is 26.2 Å². The monoisotopic (exact) mass is 484 g/mol. The fourth-order valence-corrected chi connectivity index (χ4v) is 5.63. The van der Waals surface area contributed by atoms with Crippen molar-refractivity contribution in [2.45, 2.75) is 31.8 Å². The van der Waals surface area contributed by atoms with E-state index in [2.05, 4.69) is 11.2 Å². The normalized spacial score (nSPS) is 15.0. The molecule has 2 aromatic heterocycles. The smallest absolute Gasteiger partial charge is 0.289 e. The molecular formula is C23H24N4O6S. The lowest BCUT2D eigenvalue weighted by Crippen LogP contribution is -2.37. The van der Waals surface area contributed by atoms with Gasteiger partial charge in [-0.05, 0) is 44.5 Å². The second-order valence-corrected chi connectivity index (χ2v) is 9.74. The Morgan fingerprint density at radius 3 is 2.68 bits per heavy atom.